The van der Waals surface area contributed by atoms with Gasteiger partial charge in [0.2, 0.25) is 11.8 Å². The van der Waals surface area contributed by atoms with Crippen molar-refractivity contribution in [2.75, 3.05) is 4.90 Å². The van der Waals surface area contributed by atoms with Gasteiger partial charge in [0.1, 0.15) is 5.82 Å². The largest absolute Gasteiger partial charge is 0.352 e. The number of carbonyl (C=O) groups excluding carboxylic acids is 2. The van der Waals surface area contributed by atoms with Crippen molar-refractivity contribution < 1.29 is 14.0 Å². The van der Waals surface area contributed by atoms with E-state index in [1.165, 1.54) is 12.1 Å². The summed E-state index contributed by atoms with van der Waals surface area (Å²) in [6.07, 6.45) is 5.43. The van der Waals surface area contributed by atoms with E-state index in [1.54, 1.807) is 29.4 Å². The quantitative estimate of drug-likeness (QED) is 0.602. The number of nitrogens with one attached hydrogen (secondary N) is 1. The molecule has 0 aliphatic heterocycles. The molecule has 1 heterocycles. The van der Waals surface area contributed by atoms with E-state index in [4.69, 9.17) is 0 Å². The Kier molecular flexibility index (Phi) is 6.36. The smallest absolute Gasteiger partial charge is 0.230 e. The molecule has 31 heavy (non-hydrogen) atoms. The zero-order chi connectivity index (χ0) is 21.6. The van der Waals surface area contributed by atoms with Crippen molar-refractivity contribution in [1.82, 2.24) is 10.3 Å². The second kappa shape index (κ2) is 9.51. The van der Waals surface area contributed by atoms with Crippen LogP contribution in [-0.2, 0) is 29.1 Å². The highest BCUT2D eigenvalue weighted by Crippen LogP contribution is 2.33. The average molecular weight is 417 g/mol. The van der Waals surface area contributed by atoms with Gasteiger partial charge in [-0.25, -0.2) is 4.39 Å². The van der Waals surface area contributed by atoms with Gasteiger partial charge in [0.15, 0.2) is 0 Å². The van der Waals surface area contributed by atoms with E-state index in [-0.39, 0.29) is 30.0 Å². The van der Waals surface area contributed by atoms with Crippen LogP contribution in [0.1, 0.15) is 29.5 Å². The average Bonchev–Trinajstić information content (AvgIpc) is 3.63. The maximum atomic E-state index is 13.3. The van der Waals surface area contributed by atoms with Gasteiger partial charge >= 0.3 is 0 Å². The Morgan fingerprint density at radius 1 is 1.00 bits per heavy atom. The van der Waals surface area contributed by atoms with Crippen molar-refractivity contribution >= 4 is 17.5 Å². The molecule has 2 aromatic carbocycles. The molecule has 3 aromatic rings. The molecule has 1 aliphatic carbocycles. The zero-order valence-electron chi connectivity index (χ0n) is 17.1. The summed E-state index contributed by atoms with van der Waals surface area (Å²) in [6, 6.07) is 17.4. The second-order valence-corrected chi connectivity index (χ2v) is 7.81. The maximum absolute atomic E-state index is 13.3. The molecule has 0 spiro atoms. The van der Waals surface area contributed by atoms with Gasteiger partial charge in [0.25, 0.3) is 0 Å². The third kappa shape index (κ3) is 5.75. The monoisotopic (exact) mass is 417 g/mol. The number of benzene rings is 2. The minimum atomic E-state index is -0.303. The van der Waals surface area contributed by atoms with E-state index >= 15 is 0 Å². The van der Waals surface area contributed by atoms with Gasteiger partial charge < -0.3 is 10.2 Å². The van der Waals surface area contributed by atoms with Crippen LogP contribution < -0.4 is 10.2 Å². The van der Waals surface area contributed by atoms with Crippen LogP contribution in [0.5, 0.6) is 0 Å². The minimum Gasteiger partial charge on any atom is -0.352 e. The number of aromatic nitrogens is 1. The van der Waals surface area contributed by atoms with E-state index in [2.05, 4.69) is 10.3 Å². The van der Waals surface area contributed by atoms with Crippen LogP contribution in [0, 0.1) is 11.7 Å². The molecule has 4 rings (SSSR count). The summed E-state index contributed by atoms with van der Waals surface area (Å²) in [5.74, 6) is -0.280. The molecule has 2 amide bonds. The molecule has 1 aromatic heterocycles. The van der Waals surface area contributed by atoms with Crippen LogP contribution in [-0.4, -0.2) is 16.8 Å². The number of halogens is 1. The lowest BCUT2D eigenvalue weighted by Gasteiger charge is -2.24. The van der Waals surface area contributed by atoms with Gasteiger partial charge in [0.05, 0.1) is 13.0 Å². The van der Waals surface area contributed by atoms with Crippen LogP contribution >= 0.6 is 0 Å². The molecule has 0 saturated heterocycles. The molecule has 0 unspecified atom stereocenters. The van der Waals surface area contributed by atoms with Crippen LogP contribution in [0.15, 0.2) is 73.1 Å². The number of amides is 2. The number of pyridine rings is 1. The number of anilines is 1. The van der Waals surface area contributed by atoms with E-state index < -0.39 is 0 Å². The summed E-state index contributed by atoms with van der Waals surface area (Å²) in [5.41, 5.74) is 3.37. The Balaban J connectivity index is 1.46. The lowest BCUT2D eigenvalue weighted by atomic mass is 10.1. The Morgan fingerprint density at radius 2 is 1.77 bits per heavy atom. The highest BCUT2D eigenvalue weighted by Gasteiger charge is 2.34. The van der Waals surface area contributed by atoms with Crippen molar-refractivity contribution in [3.63, 3.8) is 0 Å². The van der Waals surface area contributed by atoms with E-state index in [9.17, 15) is 14.0 Å². The topological polar surface area (TPSA) is 62.3 Å². The Hall–Kier alpha value is -3.54. The highest BCUT2D eigenvalue weighted by molar-refractivity contribution is 5.96. The zero-order valence-corrected chi connectivity index (χ0v) is 17.1. The van der Waals surface area contributed by atoms with Gasteiger partial charge in [-0.15, -0.1) is 0 Å². The highest BCUT2D eigenvalue weighted by atomic mass is 19.1. The van der Waals surface area contributed by atoms with E-state index in [1.807, 2.05) is 36.4 Å². The van der Waals surface area contributed by atoms with Crippen molar-refractivity contribution in [3.8, 4) is 0 Å². The van der Waals surface area contributed by atoms with Gasteiger partial charge in [-0.2, -0.15) is 0 Å². The predicted molar refractivity (Wildman–Crippen MR) is 117 cm³/mol. The van der Waals surface area contributed by atoms with Crippen LogP contribution in [0.3, 0.4) is 0 Å². The van der Waals surface area contributed by atoms with E-state index in [0.29, 0.717) is 13.1 Å². The fraction of sp³-hybridized carbons (Fsp3) is 0.240. The molecule has 1 N–H and O–H groups in total. The summed E-state index contributed by atoms with van der Waals surface area (Å²) < 4.78 is 13.3. The van der Waals surface area contributed by atoms with Gasteiger partial charge in [-0.3, -0.25) is 14.6 Å². The SMILES string of the molecule is O=C(Cc1cccc(N(Cc2ccc(F)cc2)C(=O)C2CC2)c1)NCc1cccnc1. The number of hydrogen-bond donors (Lipinski definition) is 1. The molecule has 0 radical (unpaired) electrons. The van der Waals surface area contributed by atoms with Crippen molar-refractivity contribution in [2.45, 2.75) is 32.4 Å². The Morgan fingerprint density at radius 3 is 2.48 bits per heavy atom. The molecule has 1 fully saturated rings. The second-order valence-electron chi connectivity index (χ2n) is 7.81. The maximum Gasteiger partial charge on any atom is 0.230 e. The van der Waals surface area contributed by atoms with Crippen molar-refractivity contribution in [2.24, 2.45) is 5.92 Å². The summed E-state index contributed by atoms with van der Waals surface area (Å²) in [5, 5.41) is 2.90. The minimum absolute atomic E-state index is 0.0480. The third-order valence-electron chi connectivity index (χ3n) is 5.25. The van der Waals surface area contributed by atoms with Crippen LogP contribution in [0.2, 0.25) is 0 Å². The first-order valence-electron chi connectivity index (χ1n) is 10.4. The molecule has 0 bridgehead atoms. The van der Waals surface area contributed by atoms with Crippen LogP contribution in [0.4, 0.5) is 10.1 Å². The normalized spacial score (nSPS) is 12.9. The lowest BCUT2D eigenvalue weighted by Crippen LogP contribution is -2.32. The fourth-order valence-electron chi connectivity index (χ4n) is 3.41. The summed E-state index contributed by atoms with van der Waals surface area (Å²) in [4.78, 5) is 31.1. The molecule has 1 aliphatic rings. The predicted octanol–water partition coefficient (Wildman–Crippen LogP) is 4.02. The number of carbonyl (C=O) groups is 2. The lowest BCUT2D eigenvalue weighted by molar-refractivity contribution is -0.121. The molecular formula is C25H24FN3O2. The molecule has 158 valence electrons. The molecule has 5 nitrogen and oxygen atoms in total. The van der Waals surface area contributed by atoms with E-state index in [0.717, 1.165) is 35.2 Å². The fourth-order valence-corrected chi connectivity index (χ4v) is 3.41. The number of nitrogens with zero attached hydrogens (tertiary/aromatic N) is 2. The first-order valence-corrected chi connectivity index (χ1v) is 10.4. The molecule has 0 atom stereocenters. The van der Waals surface area contributed by atoms with Crippen molar-refractivity contribution in [3.05, 3.63) is 95.6 Å². The summed E-state index contributed by atoms with van der Waals surface area (Å²) in [6.45, 7) is 0.787. The summed E-state index contributed by atoms with van der Waals surface area (Å²) >= 11 is 0. The first kappa shape index (κ1) is 20.7. The molecular weight excluding hydrogens is 393 g/mol. The van der Waals surface area contributed by atoms with Gasteiger partial charge in [-0.05, 0) is 59.9 Å². The molecule has 6 heteroatoms. The first-order chi connectivity index (χ1) is 15.1. The number of hydrogen-bond acceptors (Lipinski definition) is 3. The van der Waals surface area contributed by atoms with Crippen LogP contribution in [0.25, 0.3) is 0 Å². The Labute approximate surface area is 180 Å². The summed E-state index contributed by atoms with van der Waals surface area (Å²) in [7, 11) is 0. The van der Waals surface area contributed by atoms with Crippen molar-refractivity contribution in [1.29, 1.82) is 0 Å². The van der Waals surface area contributed by atoms with Gasteiger partial charge in [-0.1, -0.05) is 30.3 Å². The third-order valence-corrected chi connectivity index (χ3v) is 5.25. The molecule has 1 saturated carbocycles. The number of rotatable bonds is 8. The Bertz CT molecular complexity index is 1050. The standard InChI is InChI=1S/C25H24FN3O2/c26-22-10-6-18(7-11-22)17-29(25(31)21-8-9-21)23-5-1-3-19(13-23)14-24(30)28-16-20-4-2-12-27-15-20/h1-7,10-13,15,21H,8-9,14,16-17H2,(H,28,30). The van der Waals surface area contributed by atoms with Gasteiger partial charge in [0, 0.05) is 30.5 Å².